The molecule has 0 saturated carbocycles. The molecule has 6 heteroatoms. The van der Waals surface area contributed by atoms with E-state index in [1.807, 2.05) is 26.8 Å². The number of Topliss-reactive ketones (excluding diaryl/α,β-unsaturated/α-hetero) is 1. The van der Waals surface area contributed by atoms with Crippen molar-refractivity contribution in [2.45, 2.75) is 46.5 Å². The molecule has 1 aromatic carbocycles. The van der Waals surface area contributed by atoms with Gasteiger partial charge in [0.2, 0.25) is 0 Å². The zero-order valence-corrected chi connectivity index (χ0v) is 13.9. The summed E-state index contributed by atoms with van der Waals surface area (Å²) in [5.41, 5.74) is 4.38. The molecule has 1 aliphatic heterocycles. The molecule has 2 rings (SSSR count). The Balaban J connectivity index is 2.26. The number of halogens is 3. The van der Waals surface area contributed by atoms with Gasteiger partial charge in [0.15, 0.2) is 11.9 Å². The summed E-state index contributed by atoms with van der Waals surface area (Å²) in [6.07, 6.45) is -6.09. The van der Waals surface area contributed by atoms with Gasteiger partial charge in [-0.3, -0.25) is 9.69 Å². The first-order valence-corrected chi connectivity index (χ1v) is 7.62. The van der Waals surface area contributed by atoms with Gasteiger partial charge in [-0.15, -0.1) is 0 Å². The van der Waals surface area contributed by atoms with Gasteiger partial charge in [0, 0.05) is 25.2 Å². The van der Waals surface area contributed by atoms with Crippen LogP contribution in [0.25, 0.3) is 0 Å². The minimum atomic E-state index is -4.35. The fourth-order valence-electron chi connectivity index (χ4n) is 3.28. The molecule has 0 amide bonds. The van der Waals surface area contributed by atoms with Crippen molar-refractivity contribution in [3.8, 4) is 0 Å². The highest BCUT2D eigenvalue weighted by Gasteiger charge is 2.43. The maximum Gasteiger partial charge on any atom is 0.415 e. The first-order valence-electron chi connectivity index (χ1n) is 7.62. The van der Waals surface area contributed by atoms with E-state index >= 15 is 0 Å². The van der Waals surface area contributed by atoms with E-state index in [0.29, 0.717) is 18.7 Å². The number of ketones is 1. The lowest BCUT2D eigenvalue weighted by atomic mass is 9.91. The van der Waals surface area contributed by atoms with Crippen molar-refractivity contribution in [2.24, 2.45) is 0 Å². The Morgan fingerprint density at radius 1 is 1.30 bits per heavy atom. The predicted molar refractivity (Wildman–Crippen MR) is 81.7 cm³/mol. The molecule has 1 atom stereocenters. The number of carbonyl (C=O) groups excluding carboxylic acids is 1. The summed E-state index contributed by atoms with van der Waals surface area (Å²) >= 11 is 0. The topological polar surface area (TPSA) is 29.5 Å². The highest BCUT2D eigenvalue weighted by molar-refractivity contribution is 5.97. The molecule has 0 aromatic heterocycles. The van der Waals surface area contributed by atoms with Crippen molar-refractivity contribution in [2.75, 3.05) is 19.7 Å². The van der Waals surface area contributed by atoms with Crippen LogP contribution >= 0.6 is 0 Å². The summed E-state index contributed by atoms with van der Waals surface area (Å²) in [4.78, 5) is 13.6. The summed E-state index contributed by atoms with van der Waals surface area (Å²) in [5.74, 6) is -0.0172. The van der Waals surface area contributed by atoms with Gasteiger partial charge in [0.1, 0.15) is 0 Å². The van der Waals surface area contributed by atoms with Gasteiger partial charge in [-0.1, -0.05) is 6.07 Å². The van der Waals surface area contributed by atoms with E-state index in [4.69, 9.17) is 4.74 Å². The first kappa shape index (κ1) is 17.9. The van der Waals surface area contributed by atoms with Crippen molar-refractivity contribution in [1.29, 1.82) is 0 Å². The SMILES string of the molecule is CC(=O)c1c(C)cc(C)c(CN2CCO[C@@H](C(F)(F)F)C2)c1C. The summed E-state index contributed by atoms with van der Waals surface area (Å²) in [6.45, 7) is 7.94. The van der Waals surface area contributed by atoms with Crippen LogP contribution < -0.4 is 0 Å². The lowest BCUT2D eigenvalue weighted by Gasteiger charge is -2.34. The predicted octanol–water partition coefficient (Wildman–Crippen LogP) is 3.58. The maximum atomic E-state index is 12.8. The third-order valence-electron chi connectivity index (χ3n) is 4.38. The van der Waals surface area contributed by atoms with Crippen LogP contribution in [-0.4, -0.2) is 42.7 Å². The molecule has 1 aliphatic rings. The van der Waals surface area contributed by atoms with E-state index < -0.39 is 12.3 Å². The minimum absolute atomic E-state index is 0.0172. The van der Waals surface area contributed by atoms with Crippen molar-refractivity contribution >= 4 is 5.78 Å². The zero-order chi connectivity index (χ0) is 17.4. The van der Waals surface area contributed by atoms with E-state index in [1.54, 1.807) is 4.90 Å². The summed E-state index contributed by atoms with van der Waals surface area (Å²) in [7, 11) is 0. The fourth-order valence-corrected chi connectivity index (χ4v) is 3.28. The molecule has 0 bridgehead atoms. The number of aryl methyl sites for hydroxylation is 2. The summed E-state index contributed by atoms with van der Waals surface area (Å²) in [6, 6.07) is 1.93. The van der Waals surface area contributed by atoms with Crippen LogP contribution in [0.5, 0.6) is 0 Å². The van der Waals surface area contributed by atoms with Gasteiger partial charge in [0.25, 0.3) is 0 Å². The second kappa shape index (κ2) is 6.61. The van der Waals surface area contributed by atoms with Crippen molar-refractivity contribution in [3.05, 3.63) is 33.9 Å². The molecular formula is C17H22F3NO2. The fraction of sp³-hybridized carbons (Fsp3) is 0.588. The summed E-state index contributed by atoms with van der Waals surface area (Å²) in [5, 5.41) is 0. The van der Waals surface area contributed by atoms with Crippen LogP contribution in [0.2, 0.25) is 0 Å². The van der Waals surface area contributed by atoms with Crippen LogP contribution in [0, 0.1) is 20.8 Å². The largest absolute Gasteiger partial charge is 0.415 e. The Kier molecular flexibility index (Phi) is 5.16. The van der Waals surface area contributed by atoms with Crippen LogP contribution in [0.1, 0.15) is 39.5 Å². The van der Waals surface area contributed by atoms with Gasteiger partial charge in [-0.2, -0.15) is 13.2 Å². The Morgan fingerprint density at radius 3 is 2.52 bits per heavy atom. The van der Waals surface area contributed by atoms with Crippen molar-refractivity contribution in [3.63, 3.8) is 0 Å². The average molecular weight is 329 g/mol. The molecule has 0 aliphatic carbocycles. The molecular weight excluding hydrogens is 307 g/mol. The first-order chi connectivity index (χ1) is 10.6. The van der Waals surface area contributed by atoms with Gasteiger partial charge < -0.3 is 4.74 Å². The summed E-state index contributed by atoms with van der Waals surface area (Å²) < 4.78 is 43.3. The second-order valence-electron chi connectivity index (χ2n) is 6.18. The van der Waals surface area contributed by atoms with E-state index in [1.165, 1.54) is 6.92 Å². The van der Waals surface area contributed by atoms with Crippen LogP contribution in [0.15, 0.2) is 6.07 Å². The van der Waals surface area contributed by atoms with Crippen LogP contribution in [-0.2, 0) is 11.3 Å². The number of hydrogen-bond donors (Lipinski definition) is 0. The van der Waals surface area contributed by atoms with Crippen molar-refractivity contribution in [1.82, 2.24) is 4.90 Å². The number of benzene rings is 1. The number of ether oxygens (including phenoxy) is 1. The molecule has 1 fully saturated rings. The Morgan fingerprint density at radius 2 is 1.96 bits per heavy atom. The highest BCUT2D eigenvalue weighted by atomic mass is 19.4. The Hall–Kier alpha value is -1.40. The zero-order valence-electron chi connectivity index (χ0n) is 13.9. The van der Waals surface area contributed by atoms with Gasteiger partial charge in [-0.05, 0) is 49.9 Å². The quantitative estimate of drug-likeness (QED) is 0.794. The van der Waals surface area contributed by atoms with Gasteiger partial charge >= 0.3 is 6.18 Å². The molecule has 1 aromatic rings. The standard InChI is InChI=1S/C17H22F3NO2/c1-10-7-11(2)16(13(4)22)12(3)14(10)8-21-5-6-23-15(9-21)17(18,19)20/h7,15H,5-6,8-9H2,1-4H3/t15-/m1/s1. The molecule has 0 unspecified atom stereocenters. The maximum absolute atomic E-state index is 12.8. The second-order valence-corrected chi connectivity index (χ2v) is 6.18. The number of morpholine rings is 1. The number of rotatable bonds is 3. The molecule has 128 valence electrons. The number of carbonyl (C=O) groups is 1. The van der Waals surface area contributed by atoms with E-state index in [0.717, 1.165) is 22.3 Å². The van der Waals surface area contributed by atoms with E-state index in [9.17, 15) is 18.0 Å². The highest BCUT2D eigenvalue weighted by Crippen LogP contribution is 2.28. The third kappa shape index (κ3) is 3.93. The lowest BCUT2D eigenvalue weighted by molar-refractivity contribution is -0.237. The average Bonchev–Trinajstić information content (AvgIpc) is 2.42. The Bertz CT molecular complexity index is 611. The van der Waals surface area contributed by atoms with Crippen LogP contribution in [0.4, 0.5) is 13.2 Å². The van der Waals surface area contributed by atoms with Gasteiger partial charge in [-0.25, -0.2) is 0 Å². The monoisotopic (exact) mass is 329 g/mol. The third-order valence-corrected chi connectivity index (χ3v) is 4.38. The minimum Gasteiger partial charge on any atom is -0.366 e. The molecule has 1 heterocycles. The number of alkyl halides is 3. The smallest absolute Gasteiger partial charge is 0.366 e. The molecule has 1 saturated heterocycles. The number of nitrogens with zero attached hydrogens (tertiary/aromatic N) is 1. The van der Waals surface area contributed by atoms with Crippen molar-refractivity contribution < 1.29 is 22.7 Å². The normalized spacial score (nSPS) is 19.9. The van der Waals surface area contributed by atoms with Gasteiger partial charge in [0.05, 0.1) is 6.61 Å². The molecule has 0 spiro atoms. The molecule has 0 radical (unpaired) electrons. The molecule has 0 N–H and O–H groups in total. The van der Waals surface area contributed by atoms with E-state index in [-0.39, 0.29) is 18.9 Å². The number of hydrogen-bond acceptors (Lipinski definition) is 3. The lowest BCUT2D eigenvalue weighted by Crippen LogP contribution is -2.48. The van der Waals surface area contributed by atoms with E-state index in [2.05, 4.69) is 0 Å². The Labute approximate surface area is 134 Å². The molecule has 23 heavy (non-hydrogen) atoms. The van der Waals surface area contributed by atoms with Crippen LogP contribution in [0.3, 0.4) is 0 Å². The molecule has 3 nitrogen and oxygen atoms in total.